The first-order chi connectivity index (χ1) is 9.22. The van der Waals surface area contributed by atoms with Gasteiger partial charge in [0.15, 0.2) is 0 Å². The van der Waals surface area contributed by atoms with Gasteiger partial charge in [-0.05, 0) is 49.1 Å². The lowest BCUT2D eigenvalue weighted by Gasteiger charge is -2.16. The molecule has 0 aliphatic rings. The molecule has 19 heavy (non-hydrogen) atoms. The molecule has 2 rings (SSSR count). The summed E-state index contributed by atoms with van der Waals surface area (Å²) in [5.74, 6) is 2.37. The molecule has 0 saturated carbocycles. The van der Waals surface area contributed by atoms with E-state index in [0.29, 0.717) is 6.04 Å². The second-order valence-corrected chi connectivity index (χ2v) is 6.03. The van der Waals surface area contributed by atoms with Crippen LogP contribution in [0.3, 0.4) is 0 Å². The van der Waals surface area contributed by atoms with Crippen LogP contribution in [0, 0.1) is 0 Å². The summed E-state index contributed by atoms with van der Waals surface area (Å²) < 4.78 is 0. The highest BCUT2D eigenvalue weighted by Gasteiger charge is 2.07. The van der Waals surface area contributed by atoms with Gasteiger partial charge in [-0.3, -0.25) is 4.98 Å². The summed E-state index contributed by atoms with van der Waals surface area (Å²) in [6.45, 7) is 4.40. The summed E-state index contributed by atoms with van der Waals surface area (Å²) in [5.41, 5.74) is 8.79. The first kappa shape index (κ1) is 14.0. The van der Waals surface area contributed by atoms with Crippen molar-refractivity contribution in [3.63, 3.8) is 0 Å². The van der Waals surface area contributed by atoms with E-state index in [1.165, 1.54) is 11.5 Å². The van der Waals surface area contributed by atoms with Crippen molar-refractivity contribution in [2.75, 3.05) is 22.6 Å². The fourth-order valence-electron chi connectivity index (χ4n) is 2.05. The topological polar surface area (TPSA) is 50.9 Å². The van der Waals surface area contributed by atoms with E-state index in [1.54, 1.807) is 0 Å². The smallest absolute Gasteiger partial charge is 0.0953 e. The van der Waals surface area contributed by atoms with Gasteiger partial charge in [-0.25, -0.2) is 0 Å². The fraction of sp³-hybridized carbons (Fsp3) is 0.400. The number of fused-ring (bicyclic) bond motifs is 1. The molecule has 0 spiro atoms. The molecule has 1 unspecified atom stereocenters. The standard InChI is InChI=1S/C15H21N3S/c1-3-19-10-8-11(2)18-14-7-6-13(16)12-5-4-9-17-15(12)14/h4-7,9,11,18H,3,8,10,16H2,1-2H3. The number of thioether (sulfide) groups is 1. The molecule has 1 aromatic heterocycles. The maximum atomic E-state index is 5.98. The van der Waals surface area contributed by atoms with Gasteiger partial charge < -0.3 is 11.1 Å². The Morgan fingerprint density at radius 2 is 2.21 bits per heavy atom. The van der Waals surface area contributed by atoms with Crippen molar-refractivity contribution in [2.45, 2.75) is 26.3 Å². The van der Waals surface area contributed by atoms with Crippen molar-refractivity contribution in [3.05, 3.63) is 30.5 Å². The number of hydrogen-bond acceptors (Lipinski definition) is 4. The molecule has 1 heterocycles. The Bertz CT molecular complexity index is 542. The Balaban J connectivity index is 2.14. The molecular weight excluding hydrogens is 254 g/mol. The molecule has 2 aromatic rings. The third-order valence-corrected chi connectivity index (χ3v) is 4.04. The number of benzene rings is 1. The zero-order chi connectivity index (χ0) is 13.7. The van der Waals surface area contributed by atoms with Gasteiger partial charge in [-0.2, -0.15) is 11.8 Å². The van der Waals surface area contributed by atoms with E-state index in [0.717, 1.165) is 28.7 Å². The lowest BCUT2D eigenvalue weighted by atomic mass is 10.1. The van der Waals surface area contributed by atoms with Crippen molar-refractivity contribution >= 4 is 34.0 Å². The van der Waals surface area contributed by atoms with Gasteiger partial charge in [-0.1, -0.05) is 6.92 Å². The molecule has 0 saturated heterocycles. The number of aromatic nitrogens is 1. The maximum absolute atomic E-state index is 5.98. The largest absolute Gasteiger partial charge is 0.398 e. The molecular formula is C15H21N3S. The Labute approximate surface area is 119 Å². The van der Waals surface area contributed by atoms with Crippen LogP contribution in [0.5, 0.6) is 0 Å². The molecule has 3 N–H and O–H groups in total. The zero-order valence-electron chi connectivity index (χ0n) is 11.5. The Morgan fingerprint density at radius 3 is 3.00 bits per heavy atom. The van der Waals surface area contributed by atoms with Crippen LogP contribution >= 0.6 is 11.8 Å². The van der Waals surface area contributed by atoms with E-state index in [4.69, 9.17) is 5.73 Å². The van der Waals surface area contributed by atoms with E-state index < -0.39 is 0 Å². The molecule has 0 radical (unpaired) electrons. The van der Waals surface area contributed by atoms with Gasteiger partial charge in [0.05, 0.1) is 11.2 Å². The molecule has 0 aliphatic carbocycles. The van der Waals surface area contributed by atoms with Crippen molar-refractivity contribution < 1.29 is 0 Å². The van der Waals surface area contributed by atoms with Crippen LogP contribution in [-0.4, -0.2) is 22.5 Å². The van der Waals surface area contributed by atoms with E-state index in [9.17, 15) is 0 Å². The highest BCUT2D eigenvalue weighted by molar-refractivity contribution is 7.99. The van der Waals surface area contributed by atoms with Gasteiger partial charge in [0.2, 0.25) is 0 Å². The molecule has 1 atom stereocenters. The van der Waals surface area contributed by atoms with Crippen molar-refractivity contribution in [1.82, 2.24) is 4.98 Å². The van der Waals surface area contributed by atoms with Crippen LogP contribution < -0.4 is 11.1 Å². The first-order valence-corrected chi connectivity index (χ1v) is 7.85. The third-order valence-electron chi connectivity index (χ3n) is 3.10. The summed E-state index contributed by atoms with van der Waals surface area (Å²) >= 11 is 1.98. The quantitative estimate of drug-likeness (QED) is 0.622. The summed E-state index contributed by atoms with van der Waals surface area (Å²) in [6, 6.07) is 8.34. The van der Waals surface area contributed by atoms with Crippen LogP contribution in [0.4, 0.5) is 11.4 Å². The second-order valence-electron chi connectivity index (χ2n) is 4.63. The summed E-state index contributed by atoms with van der Waals surface area (Å²) in [7, 11) is 0. The molecule has 0 aliphatic heterocycles. The number of pyridine rings is 1. The zero-order valence-corrected chi connectivity index (χ0v) is 12.3. The first-order valence-electron chi connectivity index (χ1n) is 6.70. The lowest BCUT2D eigenvalue weighted by molar-refractivity contribution is 0.772. The normalized spacial score (nSPS) is 12.5. The van der Waals surface area contributed by atoms with Crippen molar-refractivity contribution in [2.24, 2.45) is 0 Å². The molecule has 4 heteroatoms. The maximum Gasteiger partial charge on any atom is 0.0953 e. The van der Waals surface area contributed by atoms with Gasteiger partial charge in [0.1, 0.15) is 0 Å². The summed E-state index contributed by atoms with van der Waals surface area (Å²) in [4.78, 5) is 4.44. The summed E-state index contributed by atoms with van der Waals surface area (Å²) in [5, 5.41) is 4.56. The van der Waals surface area contributed by atoms with Crippen molar-refractivity contribution in [1.29, 1.82) is 0 Å². The minimum atomic E-state index is 0.438. The Hall–Kier alpha value is -1.42. The molecule has 0 fully saturated rings. The van der Waals surface area contributed by atoms with Crippen LogP contribution in [0.1, 0.15) is 20.3 Å². The van der Waals surface area contributed by atoms with Gasteiger partial charge in [0, 0.05) is 23.3 Å². The van der Waals surface area contributed by atoms with Gasteiger partial charge in [0.25, 0.3) is 0 Å². The van der Waals surface area contributed by atoms with Crippen molar-refractivity contribution in [3.8, 4) is 0 Å². The highest BCUT2D eigenvalue weighted by atomic mass is 32.2. The lowest BCUT2D eigenvalue weighted by Crippen LogP contribution is -2.16. The number of anilines is 2. The van der Waals surface area contributed by atoms with Crippen LogP contribution in [0.25, 0.3) is 10.9 Å². The number of nitrogens with zero attached hydrogens (tertiary/aromatic N) is 1. The Morgan fingerprint density at radius 1 is 1.37 bits per heavy atom. The number of nitrogens with one attached hydrogen (secondary N) is 1. The van der Waals surface area contributed by atoms with Crippen LogP contribution in [0.15, 0.2) is 30.5 Å². The minimum absolute atomic E-state index is 0.438. The monoisotopic (exact) mass is 275 g/mol. The molecule has 3 nitrogen and oxygen atoms in total. The van der Waals surface area contributed by atoms with E-state index in [1.807, 2.05) is 42.2 Å². The fourth-order valence-corrected chi connectivity index (χ4v) is 2.86. The van der Waals surface area contributed by atoms with Gasteiger partial charge in [-0.15, -0.1) is 0 Å². The predicted octanol–water partition coefficient (Wildman–Crippen LogP) is 3.76. The number of nitrogens with two attached hydrogens (primary N) is 1. The molecule has 102 valence electrons. The van der Waals surface area contributed by atoms with E-state index in [2.05, 4.69) is 24.1 Å². The molecule has 0 amide bonds. The molecule has 1 aromatic carbocycles. The van der Waals surface area contributed by atoms with Crippen LogP contribution in [-0.2, 0) is 0 Å². The predicted molar refractivity (Wildman–Crippen MR) is 86.9 cm³/mol. The number of hydrogen-bond donors (Lipinski definition) is 2. The number of nitrogen functional groups attached to an aromatic ring is 1. The SMILES string of the molecule is CCSCCC(C)Nc1ccc(N)c2cccnc12. The van der Waals surface area contributed by atoms with Crippen LogP contribution in [0.2, 0.25) is 0 Å². The third kappa shape index (κ3) is 3.53. The highest BCUT2D eigenvalue weighted by Crippen LogP contribution is 2.27. The van der Waals surface area contributed by atoms with Gasteiger partial charge >= 0.3 is 0 Å². The Kier molecular flexibility index (Phi) is 4.91. The average Bonchev–Trinajstić information content (AvgIpc) is 2.43. The minimum Gasteiger partial charge on any atom is -0.398 e. The number of rotatable bonds is 6. The average molecular weight is 275 g/mol. The summed E-state index contributed by atoms with van der Waals surface area (Å²) in [6.07, 6.45) is 2.96. The van der Waals surface area contributed by atoms with E-state index in [-0.39, 0.29) is 0 Å². The van der Waals surface area contributed by atoms with E-state index >= 15 is 0 Å². The molecule has 0 bridgehead atoms. The second kappa shape index (κ2) is 6.66.